The number of aliphatic hydroxyl groups excluding tert-OH is 1. The zero-order valence-corrected chi connectivity index (χ0v) is 10.6. The fourth-order valence-electron chi connectivity index (χ4n) is 1.15. The average molecular weight is 246 g/mol. The first-order valence-electron chi connectivity index (χ1n) is 5.16. The third-order valence-electron chi connectivity index (χ3n) is 1.97. The van der Waals surface area contributed by atoms with Crippen molar-refractivity contribution >= 4 is 23.1 Å². The molecule has 0 radical (unpaired) electrons. The van der Waals surface area contributed by atoms with Crippen molar-refractivity contribution in [2.45, 2.75) is 19.4 Å². The highest BCUT2D eigenvalue weighted by atomic mass is 32.2. The Morgan fingerprint density at radius 1 is 1.60 bits per heavy atom. The molecule has 2 N–H and O–H groups in total. The summed E-state index contributed by atoms with van der Waals surface area (Å²) in [5, 5.41) is 15.2. The highest BCUT2D eigenvalue weighted by Gasteiger charge is 2.05. The molecule has 0 amide bonds. The summed E-state index contributed by atoms with van der Waals surface area (Å²) in [6, 6.07) is 0.350. The van der Waals surface area contributed by atoms with E-state index in [-0.39, 0.29) is 0 Å². The second-order valence-electron chi connectivity index (χ2n) is 3.24. The van der Waals surface area contributed by atoms with Crippen LogP contribution in [0.2, 0.25) is 0 Å². The average Bonchev–Trinajstić information content (AvgIpc) is 2.76. The van der Waals surface area contributed by atoms with Crippen LogP contribution in [0.5, 0.6) is 0 Å². The molecule has 1 heterocycles. The molecule has 1 unspecified atom stereocenters. The summed E-state index contributed by atoms with van der Waals surface area (Å²) in [4.78, 5) is 4.26. The van der Waals surface area contributed by atoms with Crippen LogP contribution >= 0.6 is 23.1 Å². The van der Waals surface area contributed by atoms with Gasteiger partial charge < -0.3 is 10.4 Å². The lowest BCUT2D eigenvalue weighted by Crippen LogP contribution is -2.21. The Morgan fingerprint density at radius 2 is 2.47 bits per heavy atom. The number of aliphatic hydroxyl groups is 1. The molecule has 0 bridgehead atoms. The maximum absolute atomic E-state index is 8.60. The number of aromatic nitrogens is 1. The fourth-order valence-corrected chi connectivity index (χ4v) is 2.62. The molecule has 0 aliphatic heterocycles. The number of hydrogen-bond donors (Lipinski definition) is 2. The van der Waals surface area contributed by atoms with Gasteiger partial charge >= 0.3 is 0 Å². The molecule has 0 saturated heterocycles. The number of thioether (sulfide) groups is 1. The van der Waals surface area contributed by atoms with Gasteiger partial charge in [-0.05, 0) is 19.1 Å². The summed E-state index contributed by atoms with van der Waals surface area (Å²) < 4.78 is 0. The van der Waals surface area contributed by atoms with Crippen LogP contribution < -0.4 is 5.32 Å². The van der Waals surface area contributed by atoms with Gasteiger partial charge in [0.05, 0.1) is 6.04 Å². The SMILES string of the molecule is CC(NCCSCCCO)c1nccs1. The standard InChI is InChI=1S/C10H18N2OS2/c1-9(10-12-4-8-15-10)11-3-7-14-6-2-5-13/h4,8-9,11,13H,2-3,5-7H2,1H3. The van der Waals surface area contributed by atoms with Crippen LogP contribution in [0.15, 0.2) is 11.6 Å². The van der Waals surface area contributed by atoms with Gasteiger partial charge in [-0.1, -0.05) is 0 Å². The summed E-state index contributed by atoms with van der Waals surface area (Å²) >= 11 is 3.57. The molecular weight excluding hydrogens is 228 g/mol. The van der Waals surface area contributed by atoms with Gasteiger partial charge in [-0.15, -0.1) is 11.3 Å². The Hall–Kier alpha value is -0.100. The summed E-state index contributed by atoms with van der Waals surface area (Å²) in [5.41, 5.74) is 0. The van der Waals surface area contributed by atoms with E-state index >= 15 is 0 Å². The zero-order valence-electron chi connectivity index (χ0n) is 8.98. The van der Waals surface area contributed by atoms with Gasteiger partial charge in [0.15, 0.2) is 0 Å². The van der Waals surface area contributed by atoms with E-state index in [1.165, 1.54) is 0 Å². The van der Waals surface area contributed by atoms with E-state index in [0.29, 0.717) is 12.6 Å². The number of nitrogens with one attached hydrogen (secondary N) is 1. The van der Waals surface area contributed by atoms with Crippen molar-refractivity contribution in [2.24, 2.45) is 0 Å². The van der Waals surface area contributed by atoms with Crippen LogP contribution in [0, 0.1) is 0 Å². The summed E-state index contributed by atoms with van der Waals surface area (Å²) in [7, 11) is 0. The minimum atomic E-state index is 0.302. The molecule has 0 aliphatic rings. The fraction of sp³-hybridized carbons (Fsp3) is 0.700. The number of nitrogens with zero attached hydrogens (tertiary/aromatic N) is 1. The highest BCUT2D eigenvalue weighted by Crippen LogP contribution is 2.14. The topological polar surface area (TPSA) is 45.1 Å². The molecule has 15 heavy (non-hydrogen) atoms. The molecule has 0 saturated carbocycles. The molecule has 0 fully saturated rings. The third-order valence-corrected chi connectivity index (χ3v) is 3.99. The first-order chi connectivity index (χ1) is 7.34. The van der Waals surface area contributed by atoms with Crippen LogP contribution in [-0.4, -0.2) is 34.7 Å². The van der Waals surface area contributed by atoms with E-state index in [4.69, 9.17) is 5.11 Å². The molecule has 0 aliphatic carbocycles. The molecule has 5 heteroatoms. The second-order valence-corrected chi connectivity index (χ2v) is 5.39. The van der Waals surface area contributed by atoms with E-state index in [2.05, 4.69) is 17.2 Å². The van der Waals surface area contributed by atoms with E-state index in [9.17, 15) is 0 Å². The number of rotatable bonds is 8. The summed E-state index contributed by atoms with van der Waals surface area (Å²) in [5.74, 6) is 2.14. The number of hydrogen-bond acceptors (Lipinski definition) is 5. The van der Waals surface area contributed by atoms with Gasteiger partial charge in [-0.25, -0.2) is 4.98 Å². The lowest BCUT2D eigenvalue weighted by molar-refractivity contribution is 0.296. The molecule has 1 atom stereocenters. The van der Waals surface area contributed by atoms with Crippen molar-refractivity contribution in [2.75, 3.05) is 24.7 Å². The summed E-state index contributed by atoms with van der Waals surface area (Å²) in [6.07, 6.45) is 2.74. The van der Waals surface area contributed by atoms with Crippen molar-refractivity contribution in [1.29, 1.82) is 0 Å². The second kappa shape index (κ2) is 8.10. The predicted octanol–water partition coefficient (Wildman–Crippen LogP) is 1.91. The molecule has 0 aromatic carbocycles. The quantitative estimate of drug-likeness (QED) is 0.688. The minimum Gasteiger partial charge on any atom is -0.396 e. The normalized spacial score (nSPS) is 12.9. The van der Waals surface area contributed by atoms with Gasteiger partial charge in [0.1, 0.15) is 5.01 Å². The maximum Gasteiger partial charge on any atom is 0.109 e. The molecule has 3 nitrogen and oxygen atoms in total. The smallest absolute Gasteiger partial charge is 0.109 e. The Labute approximate surface area is 99.3 Å². The van der Waals surface area contributed by atoms with Crippen molar-refractivity contribution in [3.63, 3.8) is 0 Å². The Kier molecular flexibility index (Phi) is 7.00. The number of thiazole rings is 1. The highest BCUT2D eigenvalue weighted by molar-refractivity contribution is 7.99. The molecule has 86 valence electrons. The van der Waals surface area contributed by atoms with Crippen LogP contribution in [0.1, 0.15) is 24.4 Å². The van der Waals surface area contributed by atoms with Gasteiger partial charge in [-0.2, -0.15) is 11.8 Å². The first-order valence-corrected chi connectivity index (χ1v) is 7.19. The lowest BCUT2D eigenvalue weighted by Gasteiger charge is -2.10. The monoisotopic (exact) mass is 246 g/mol. The van der Waals surface area contributed by atoms with E-state index in [1.54, 1.807) is 11.3 Å². The van der Waals surface area contributed by atoms with Gasteiger partial charge in [-0.3, -0.25) is 0 Å². The van der Waals surface area contributed by atoms with Crippen LogP contribution in [0.25, 0.3) is 0 Å². The van der Waals surface area contributed by atoms with Crippen LogP contribution in [0.3, 0.4) is 0 Å². The van der Waals surface area contributed by atoms with Crippen molar-refractivity contribution in [1.82, 2.24) is 10.3 Å². The molecule has 1 aromatic rings. The van der Waals surface area contributed by atoms with Gasteiger partial charge in [0.25, 0.3) is 0 Å². The van der Waals surface area contributed by atoms with Crippen molar-refractivity contribution in [3.8, 4) is 0 Å². The van der Waals surface area contributed by atoms with Gasteiger partial charge in [0, 0.05) is 30.5 Å². The Balaban J connectivity index is 2.00. The van der Waals surface area contributed by atoms with E-state index < -0.39 is 0 Å². The largest absolute Gasteiger partial charge is 0.396 e. The minimum absolute atomic E-state index is 0.302. The zero-order chi connectivity index (χ0) is 10.9. The van der Waals surface area contributed by atoms with Crippen LogP contribution in [-0.2, 0) is 0 Å². The molecule has 0 spiro atoms. The maximum atomic E-state index is 8.60. The molecular formula is C10H18N2OS2. The van der Waals surface area contributed by atoms with Crippen molar-refractivity contribution < 1.29 is 5.11 Å². The predicted molar refractivity (Wildman–Crippen MR) is 67.6 cm³/mol. The lowest BCUT2D eigenvalue weighted by atomic mass is 10.3. The molecule has 1 rings (SSSR count). The third kappa shape index (κ3) is 5.51. The van der Waals surface area contributed by atoms with E-state index in [1.807, 2.05) is 23.3 Å². The summed E-state index contributed by atoms with van der Waals surface area (Å²) in [6.45, 7) is 3.43. The van der Waals surface area contributed by atoms with Crippen molar-refractivity contribution in [3.05, 3.63) is 16.6 Å². The Morgan fingerprint density at radius 3 is 3.13 bits per heavy atom. The molecule has 1 aromatic heterocycles. The first kappa shape index (κ1) is 13.0. The Bertz CT molecular complexity index is 242. The van der Waals surface area contributed by atoms with Crippen LogP contribution in [0.4, 0.5) is 0 Å². The van der Waals surface area contributed by atoms with E-state index in [0.717, 1.165) is 29.5 Å². The van der Waals surface area contributed by atoms with Gasteiger partial charge in [0.2, 0.25) is 0 Å².